The maximum atomic E-state index is 13.9. The molecule has 14 heteroatoms. The fourth-order valence-electron chi connectivity index (χ4n) is 4.91. The molecule has 0 aliphatic heterocycles. The van der Waals surface area contributed by atoms with E-state index in [1.807, 2.05) is 0 Å². The highest BCUT2D eigenvalue weighted by Crippen LogP contribution is 2.15. The van der Waals surface area contributed by atoms with Gasteiger partial charge in [-0.15, -0.1) is 0 Å². The number of amides is 7. The number of hydrogen-bond acceptors (Lipinski definition) is 7. The first-order valence-electron chi connectivity index (χ1n) is 17.6. The highest BCUT2D eigenvalue weighted by atomic mass is 16.2. The standard InChI is InChI=1S/C42H49N7O7/c1-27(50)47-40(2,3)37(54)45-32(25-29-20-14-10-15-21-29)35(52)49-42(6,7)39(56)46-33(26-30-22-16-11-17-23-30)36(53)48-41(4,5)38(55)44-31(34(51)43-8)24-28-18-12-9-13-19-28/h9-26H,1-8H3,(H,43,51)(H,44,55)(H,45,54)(H,46,56)(H,47,50)(H,48,53)(H,49,52)/b31-24-,32-25-,33-26-. The Morgan fingerprint density at radius 2 is 0.696 bits per heavy atom. The molecule has 0 radical (unpaired) electrons. The monoisotopic (exact) mass is 763 g/mol. The summed E-state index contributed by atoms with van der Waals surface area (Å²) < 4.78 is 0. The van der Waals surface area contributed by atoms with Crippen molar-refractivity contribution >= 4 is 59.6 Å². The van der Waals surface area contributed by atoms with Gasteiger partial charge in [-0.25, -0.2) is 0 Å². The van der Waals surface area contributed by atoms with Gasteiger partial charge in [0.1, 0.15) is 33.7 Å². The van der Waals surface area contributed by atoms with E-state index in [4.69, 9.17) is 0 Å². The quantitative estimate of drug-likeness (QED) is 0.115. The molecule has 56 heavy (non-hydrogen) atoms. The highest BCUT2D eigenvalue weighted by molar-refractivity contribution is 6.09. The predicted octanol–water partition coefficient (Wildman–Crippen LogP) is 2.91. The van der Waals surface area contributed by atoms with Crippen LogP contribution in [0.1, 0.15) is 65.2 Å². The van der Waals surface area contributed by atoms with Crippen molar-refractivity contribution in [3.63, 3.8) is 0 Å². The van der Waals surface area contributed by atoms with Crippen molar-refractivity contribution < 1.29 is 33.6 Å². The zero-order valence-electron chi connectivity index (χ0n) is 32.8. The van der Waals surface area contributed by atoms with Crippen LogP contribution >= 0.6 is 0 Å². The molecule has 0 aliphatic rings. The van der Waals surface area contributed by atoms with Crippen molar-refractivity contribution in [2.45, 2.75) is 65.1 Å². The maximum absolute atomic E-state index is 13.9. The minimum absolute atomic E-state index is 0.0626. The van der Waals surface area contributed by atoms with E-state index in [0.29, 0.717) is 16.7 Å². The molecule has 3 aromatic rings. The number of hydrogen-bond donors (Lipinski definition) is 7. The molecule has 0 atom stereocenters. The number of rotatable bonds is 15. The summed E-state index contributed by atoms with van der Waals surface area (Å²) >= 11 is 0. The van der Waals surface area contributed by atoms with Crippen molar-refractivity contribution in [1.29, 1.82) is 0 Å². The van der Waals surface area contributed by atoms with Crippen LogP contribution in [0.3, 0.4) is 0 Å². The second-order valence-electron chi connectivity index (χ2n) is 14.3. The summed E-state index contributed by atoms with van der Waals surface area (Å²) in [6.07, 6.45) is 4.30. The number of carbonyl (C=O) groups excluding carboxylic acids is 7. The molecule has 7 N–H and O–H groups in total. The molecule has 3 aromatic carbocycles. The fourth-order valence-corrected chi connectivity index (χ4v) is 4.91. The molecule has 0 unspecified atom stereocenters. The van der Waals surface area contributed by atoms with E-state index in [0.717, 1.165) is 0 Å². The molecule has 3 rings (SSSR count). The van der Waals surface area contributed by atoms with Crippen LogP contribution in [0, 0.1) is 0 Å². The second kappa shape index (κ2) is 19.0. The van der Waals surface area contributed by atoms with Crippen LogP contribution in [0.15, 0.2) is 108 Å². The first kappa shape index (κ1) is 43.6. The third-order valence-corrected chi connectivity index (χ3v) is 8.08. The van der Waals surface area contributed by atoms with Crippen LogP contribution < -0.4 is 37.2 Å². The number of nitrogens with one attached hydrogen (secondary N) is 7. The van der Waals surface area contributed by atoms with E-state index in [1.165, 1.54) is 73.7 Å². The molecule has 0 aromatic heterocycles. The summed E-state index contributed by atoms with van der Waals surface area (Å²) in [5, 5.41) is 18.0. The molecule has 0 spiro atoms. The SMILES string of the molecule is CNC(=O)/C(=C/c1ccccc1)NC(=O)C(C)(C)NC(=O)/C(=C/c1ccccc1)NC(=O)C(C)(C)NC(=O)/C(=C/c1ccccc1)NC(=O)C(C)(C)NC(C)=O. The normalized spacial score (nSPS) is 12.4. The topological polar surface area (TPSA) is 204 Å². The molecule has 7 amide bonds. The Kier molecular flexibility index (Phi) is 14.8. The van der Waals surface area contributed by atoms with E-state index in [2.05, 4.69) is 37.2 Å². The summed E-state index contributed by atoms with van der Waals surface area (Å²) in [7, 11) is 1.42. The van der Waals surface area contributed by atoms with Gasteiger partial charge in [-0.2, -0.15) is 0 Å². The van der Waals surface area contributed by atoms with Crippen LogP contribution in [0.4, 0.5) is 0 Å². The van der Waals surface area contributed by atoms with Gasteiger partial charge in [0.05, 0.1) is 0 Å². The van der Waals surface area contributed by atoms with Gasteiger partial charge in [-0.3, -0.25) is 33.6 Å². The lowest BCUT2D eigenvalue weighted by Crippen LogP contribution is -2.59. The summed E-state index contributed by atoms with van der Waals surface area (Å²) in [5.41, 5.74) is -3.51. The minimum Gasteiger partial charge on any atom is -0.354 e. The summed E-state index contributed by atoms with van der Waals surface area (Å²) in [4.78, 5) is 92.7. The van der Waals surface area contributed by atoms with Crippen LogP contribution in [-0.4, -0.2) is 65.0 Å². The lowest BCUT2D eigenvalue weighted by Gasteiger charge is -2.29. The van der Waals surface area contributed by atoms with Crippen molar-refractivity contribution in [3.8, 4) is 0 Å². The number of likely N-dealkylation sites (N-methyl/N-ethyl adjacent to an activating group) is 1. The summed E-state index contributed by atoms with van der Waals surface area (Å²) in [6, 6.07) is 26.1. The van der Waals surface area contributed by atoms with Gasteiger partial charge >= 0.3 is 0 Å². The molecule has 0 bridgehead atoms. The Bertz CT molecular complexity index is 2040. The second-order valence-corrected chi connectivity index (χ2v) is 14.3. The number of carbonyl (C=O) groups is 7. The first-order chi connectivity index (χ1) is 26.2. The fraction of sp³-hybridized carbons (Fsp3) is 0.262. The molecule has 14 nitrogen and oxygen atoms in total. The average Bonchev–Trinajstić information content (AvgIpc) is 3.13. The van der Waals surface area contributed by atoms with Crippen molar-refractivity contribution in [1.82, 2.24) is 37.2 Å². The van der Waals surface area contributed by atoms with Crippen molar-refractivity contribution in [3.05, 3.63) is 125 Å². The van der Waals surface area contributed by atoms with Gasteiger partial charge in [-0.1, -0.05) is 91.0 Å². The summed E-state index contributed by atoms with van der Waals surface area (Å²) in [6.45, 7) is 9.86. The van der Waals surface area contributed by atoms with Crippen molar-refractivity contribution in [2.24, 2.45) is 0 Å². The van der Waals surface area contributed by atoms with E-state index in [1.54, 1.807) is 91.0 Å². The Hall–Kier alpha value is -6.83. The van der Waals surface area contributed by atoms with E-state index >= 15 is 0 Å². The minimum atomic E-state index is -1.70. The predicted molar refractivity (Wildman–Crippen MR) is 214 cm³/mol. The van der Waals surface area contributed by atoms with E-state index in [-0.39, 0.29) is 17.1 Å². The lowest BCUT2D eigenvalue weighted by atomic mass is 10.0. The van der Waals surface area contributed by atoms with Gasteiger partial charge < -0.3 is 37.2 Å². The molecular formula is C42H49N7O7. The molecule has 0 saturated heterocycles. The van der Waals surface area contributed by atoms with Crippen LogP contribution in [0.25, 0.3) is 18.2 Å². The first-order valence-corrected chi connectivity index (χ1v) is 17.6. The third-order valence-electron chi connectivity index (χ3n) is 8.08. The Labute approximate surface area is 326 Å². The van der Waals surface area contributed by atoms with Crippen LogP contribution in [-0.2, 0) is 33.6 Å². The zero-order chi connectivity index (χ0) is 41.7. The Balaban J connectivity index is 1.89. The molecule has 0 saturated carbocycles. The Morgan fingerprint density at radius 1 is 0.429 bits per heavy atom. The van der Waals surface area contributed by atoms with Crippen LogP contribution in [0.5, 0.6) is 0 Å². The van der Waals surface area contributed by atoms with Gasteiger partial charge in [-0.05, 0) is 76.5 Å². The Morgan fingerprint density at radius 3 is 0.964 bits per heavy atom. The largest absolute Gasteiger partial charge is 0.354 e. The summed E-state index contributed by atoms with van der Waals surface area (Å²) in [5.74, 6) is -4.95. The van der Waals surface area contributed by atoms with Gasteiger partial charge in [0, 0.05) is 14.0 Å². The molecule has 0 fully saturated rings. The zero-order valence-corrected chi connectivity index (χ0v) is 32.8. The van der Waals surface area contributed by atoms with Crippen LogP contribution in [0.2, 0.25) is 0 Å². The highest BCUT2D eigenvalue weighted by Gasteiger charge is 2.36. The van der Waals surface area contributed by atoms with Gasteiger partial charge in [0.2, 0.25) is 23.6 Å². The average molecular weight is 764 g/mol. The van der Waals surface area contributed by atoms with Crippen molar-refractivity contribution in [2.75, 3.05) is 7.05 Å². The molecule has 294 valence electrons. The van der Waals surface area contributed by atoms with Gasteiger partial charge in [0.25, 0.3) is 17.7 Å². The smallest absolute Gasteiger partial charge is 0.268 e. The van der Waals surface area contributed by atoms with E-state index < -0.39 is 58.0 Å². The van der Waals surface area contributed by atoms with E-state index in [9.17, 15) is 33.6 Å². The lowest BCUT2D eigenvalue weighted by molar-refractivity contribution is -0.133. The molecule has 0 aliphatic carbocycles. The van der Waals surface area contributed by atoms with Gasteiger partial charge in [0.15, 0.2) is 0 Å². The molecule has 0 heterocycles. The maximum Gasteiger partial charge on any atom is 0.268 e. The number of benzene rings is 3. The third kappa shape index (κ3) is 12.9. The molecular weight excluding hydrogens is 715 g/mol.